The van der Waals surface area contributed by atoms with Crippen LogP contribution in [0.2, 0.25) is 0 Å². The molecule has 0 fully saturated rings. The molecule has 1 aromatic rings. The second-order valence-electron chi connectivity index (χ2n) is 8.68. The van der Waals surface area contributed by atoms with Gasteiger partial charge in [-0.1, -0.05) is 79.5 Å². The van der Waals surface area contributed by atoms with Gasteiger partial charge in [0.05, 0.1) is 18.4 Å². The van der Waals surface area contributed by atoms with Crippen LogP contribution in [-0.4, -0.2) is 29.3 Å². The van der Waals surface area contributed by atoms with E-state index < -0.39 is 5.91 Å². The highest BCUT2D eigenvalue weighted by Crippen LogP contribution is 2.26. The topological polar surface area (TPSA) is 122 Å². The molecule has 0 heterocycles. The highest BCUT2D eigenvalue weighted by molar-refractivity contribution is 5.96. The van der Waals surface area contributed by atoms with Crippen molar-refractivity contribution in [2.75, 3.05) is 12.6 Å². The van der Waals surface area contributed by atoms with Crippen LogP contribution in [0.4, 0.5) is 5.69 Å². The summed E-state index contributed by atoms with van der Waals surface area (Å²) >= 11 is 0. The Labute approximate surface area is 230 Å². The van der Waals surface area contributed by atoms with E-state index in [0.717, 1.165) is 23.1 Å². The van der Waals surface area contributed by atoms with E-state index in [0.29, 0.717) is 24.9 Å². The average Bonchev–Trinajstić information content (AvgIpc) is 3.34. The third kappa shape index (κ3) is 10.3. The third-order valence-corrected chi connectivity index (χ3v) is 5.96. The number of aliphatic hydroxyl groups is 1. The molecule has 204 valence electrons. The normalized spacial score (nSPS) is 15.3. The summed E-state index contributed by atoms with van der Waals surface area (Å²) in [4.78, 5) is 22.3. The lowest BCUT2D eigenvalue weighted by Crippen LogP contribution is -2.15. The van der Waals surface area contributed by atoms with Gasteiger partial charge < -0.3 is 15.6 Å². The number of allylic oxidation sites excluding steroid dienone is 15. The molecule has 3 rings (SSSR count). The highest BCUT2D eigenvalue weighted by Gasteiger charge is 2.13. The lowest BCUT2D eigenvalue weighted by Gasteiger charge is -2.06. The molecular formula is C32H36N2O5. The molecule has 0 aromatic heterocycles. The number of hydrogen-bond donors (Lipinski definition) is 4. The van der Waals surface area contributed by atoms with Gasteiger partial charge in [0.25, 0.3) is 5.91 Å². The lowest BCUT2D eigenvalue weighted by atomic mass is 10.0. The number of carbonyl (C=O) groups is 2. The molecule has 0 spiro atoms. The van der Waals surface area contributed by atoms with E-state index in [-0.39, 0.29) is 17.3 Å². The number of nitrogens with two attached hydrogens (primary N) is 1. The number of esters is 1. The summed E-state index contributed by atoms with van der Waals surface area (Å²) in [6.45, 7) is 5.86. The van der Waals surface area contributed by atoms with Crippen LogP contribution < -0.4 is 11.2 Å². The Morgan fingerprint density at radius 3 is 2.64 bits per heavy atom. The third-order valence-electron chi connectivity index (χ3n) is 5.96. The SMILES string of the molecule is C=C/C(=C\C=C(/C)C1=CC=CCC=C1)CCC(=O)OC.NC(=O)C1=CCC(c2cccc(NO)c2)=CC=C1O. The number of carbonyl (C=O) groups excluding carboxylic acids is 2. The van der Waals surface area contributed by atoms with E-state index in [4.69, 9.17) is 10.9 Å². The molecule has 0 saturated heterocycles. The van der Waals surface area contributed by atoms with Crippen molar-refractivity contribution in [1.82, 2.24) is 0 Å². The second kappa shape index (κ2) is 16.3. The fourth-order valence-electron chi connectivity index (χ4n) is 3.66. The molecule has 0 bridgehead atoms. The number of primary amides is 1. The van der Waals surface area contributed by atoms with E-state index in [2.05, 4.69) is 60.2 Å². The van der Waals surface area contributed by atoms with Crippen LogP contribution in [0.15, 0.2) is 126 Å². The monoisotopic (exact) mass is 528 g/mol. The number of nitrogens with one attached hydrogen (secondary N) is 1. The van der Waals surface area contributed by atoms with Crippen LogP contribution in [0.3, 0.4) is 0 Å². The van der Waals surface area contributed by atoms with Crippen molar-refractivity contribution in [3.63, 3.8) is 0 Å². The van der Waals surface area contributed by atoms with Crippen LogP contribution in [0.1, 0.15) is 38.2 Å². The number of anilines is 1. The fourth-order valence-corrected chi connectivity index (χ4v) is 3.66. The van der Waals surface area contributed by atoms with Gasteiger partial charge in [0.2, 0.25) is 0 Å². The van der Waals surface area contributed by atoms with Crippen molar-refractivity contribution in [3.8, 4) is 0 Å². The number of amides is 1. The molecule has 0 aliphatic heterocycles. The van der Waals surface area contributed by atoms with Gasteiger partial charge in [0, 0.05) is 6.42 Å². The maximum Gasteiger partial charge on any atom is 0.305 e. The molecule has 0 atom stereocenters. The van der Waals surface area contributed by atoms with Crippen molar-refractivity contribution in [2.24, 2.45) is 5.73 Å². The molecule has 1 amide bonds. The van der Waals surface area contributed by atoms with Crippen molar-refractivity contribution >= 4 is 23.1 Å². The summed E-state index contributed by atoms with van der Waals surface area (Å²) in [6, 6.07) is 7.15. The molecule has 7 heteroatoms. The molecule has 0 radical (unpaired) electrons. The van der Waals surface area contributed by atoms with Crippen LogP contribution in [0.25, 0.3) is 5.57 Å². The number of benzene rings is 1. The van der Waals surface area contributed by atoms with Crippen LogP contribution in [-0.2, 0) is 14.3 Å². The quantitative estimate of drug-likeness (QED) is 0.163. The smallest absolute Gasteiger partial charge is 0.305 e. The van der Waals surface area contributed by atoms with E-state index >= 15 is 0 Å². The van der Waals surface area contributed by atoms with Gasteiger partial charge in [0.1, 0.15) is 5.76 Å². The van der Waals surface area contributed by atoms with Gasteiger partial charge in [0.15, 0.2) is 0 Å². The second-order valence-corrected chi connectivity index (χ2v) is 8.68. The number of hydrogen-bond acceptors (Lipinski definition) is 6. The standard InChI is InChI=1S/C18H22O2.C14H14N2O3/c1-4-16(13-14-18(19)20-3)12-11-15(2)17-9-7-5-6-8-10-17;15-14(18)12-6-4-9(5-7-13(12)17)10-2-1-3-11(8-10)16-19/h4-5,7-12H,1,6,13-14H2,2-3H3;1-3,5-8,16-17,19H,4H2,(H2,15,18)/b15-11+,16-12+;. The largest absolute Gasteiger partial charge is 0.507 e. The van der Waals surface area contributed by atoms with E-state index in [9.17, 15) is 14.7 Å². The fraction of sp³-hybridized carbons (Fsp3) is 0.188. The maximum atomic E-state index is 11.1. The number of aliphatic hydroxyl groups excluding tert-OH is 1. The zero-order valence-corrected chi connectivity index (χ0v) is 22.4. The molecule has 0 unspecified atom stereocenters. The number of ether oxygens (including phenoxy) is 1. The van der Waals surface area contributed by atoms with Crippen molar-refractivity contribution < 1.29 is 24.6 Å². The first-order valence-electron chi connectivity index (χ1n) is 12.5. The molecule has 2 aliphatic carbocycles. The summed E-state index contributed by atoms with van der Waals surface area (Å²) < 4.78 is 4.64. The lowest BCUT2D eigenvalue weighted by molar-refractivity contribution is -0.140. The highest BCUT2D eigenvalue weighted by atomic mass is 16.5. The van der Waals surface area contributed by atoms with Gasteiger partial charge >= 0.3 is 5.97 Å². The minimum absolute atomic E-state index is 0.114. The van der Waals surface area contributed by atoms with Gasteiger partial charge in [-0.3, -0.25) is 20.3 Å². The average molecular weight is 529 g/mol. The molecule has 0 saturated carbocycles. The Bertz CT molecular complexity index is 1300. The number of rotatable bonds is 9. The van der Waals surface area contributed by atoms with E-state index in [1.54, 1.807) is 36.4 Å². The summed E-state index contributed by atoms with van der Waals surface area (Å²) in [5.74, 6) is -0.994. The Morgan fingerprint density at radius 1 is 1.15 bits per heavy atom. The van der Waals surface area contributed by atoms with Crippen LogP contribution in [0, 0.1) is 0 Å². The maximum absolute atomic E-state index is 11.1. The Morgan fingerprint density at radius 2 is 1.95 bits per heavy atom. The number of methoxy groups -OCH3 is 1. The van der Waals surface area contributed by atoms with Crippen molar-refractivity contribution in [1.29, 1.82) is 0 Å². The molecule has 2 aliphatic rings. The Balaban J connectivity index is 0.000000274. The summed E-state index contributed by atoms with van der Waals surface area (Å²) in [7, 11) is 1.40. The zero-order valence-electron chi connectivity index (χ0n) is 22.4. The predicted molar refractivity (Wildman–Crippen MR) is 157 cm³/mol. The van der Waals surface area contributed by atoms with Crippen LogP contribution >= 0.6 is 0 Å². The van der Waals surface area contributed by atoms with Crippen molar-refractivity contribution in [2.45, 2.75) is 32.6 Å². The molecular weight excluding hydrogens is 492 g/mol. The van der Waals surface area contributed by atoms with Gasteiger partial charge in [-0.2, -0.15) is 0 Å². The summed E-state index contributed by atoms with van der Waals surface area (Å²) in [6.07, 6.45) is 23.6. The van der Waals surface area contributed by atoms with E-state index in [1.807, 2.05) is 12.1 Å². The molecule has 1 aromatic carbocycles. The predicted octanol–water partition coefficient (Wildman–Crippen LogP) is 6.57. The minimum atomic E-state index is -0.658. The first-order chi connectivity index (χ1) is 18.8. The molecule has 5 N–H and O–H groups in total. The molecule has 7 nitrogen and oxygen atoms in total. The first-order valence-corrected chi connectivity index (χ1v) is 12.5. The van der Waals surface area contributed by atoms with E-state index in [1.165, 1.54) is 24.3 Å². The van der Waals surface area contributed by atoms with Crippen LogP contribution in [0.5, 0.6) is 0 Å². The zero-order chi connectivity index (χ0) is 28.6. The Kier molecular flexibility index (Phi) is 12.8. The van der Waals surface area contributed by atoms with Gasteiger partial charge in [-0.15, -0.1) is 0 Å². The minimum Gasteiger partial charge on any atom is -0.507 e. The summed E-state index contributed by atoms with van der Waals surface area (Å²) in [5, 5.41) is 18.6. The van der Waals surface area contributed by atoms with Gasteiger partial charge in [-0.05, 0) is 72.3 Å². The van der Waals surface area contributed by atoms with Gasteiger partial charge in [-0.25, -0.2) is 0 Å². The molecule has 39 heavy (non-hydrogen) atoms. The first kappa shape index (κ1) is 30.6. The Hall–Kier alpha value is -4.62. The van der Waals surface area contributed by atoms with Crippen molar-refractivity contribution in [3.05, 3.63) is 131 Å². The summed E-state index contributed by atoms with van der Waals surface area (Å²) in [5.41, 5.74) is 13.1.